The predicted molar refractivity (Wildman–Crippen MR) is 75.6 cm³/mol. The molecule has 0 aromatic heterocycles. The topological polar surface area (TPSA) is 55.1 Å². The van der Waals surface area contributed by atoms with Gasteiger partial charge in [-0.3, -0.25) is 4.79 Å². The van der Waals surface area contributed by atoms with E-state index in [4.69, 9.17) is 17.3 Å². The first-order valence-corrected chi connectivity index (χ1v) is 6.28. The van der Waals surface area contributed by atoms with Gasteiger partial charge in [0, 0.05) is 34.6 Å². The minimum atomic E-state index is -0.00170. The molecular formula is C14H17ClN2O. The van der Waals surface area contributed by atoms with Crippen molar-refractivity contribution in [1.82, 2.24) is 0 Å². The second-order valence-corrected chi connectivity index (χ2v) is 5.99. The zero-order chi connectivity index (χ0) is 13.3. The number of nitrogens with one attached hydrogen (secondary N) is 1. The summed E-state index contributed by atoms with van der Waals surface area (Å²) in [6.45, 7) is 4.18. The van der Waals surface area contributed by atoms with E-state index in [1.165, 1.54) is 0 Å². The minimum absolute atomic E-state index is 0.00170. The van der Waals surface area contributed by atoms with Crippen molar-refractivity contribution in [2.75, 3.05) is 11.1 Å². The van der Waals surface area contributed by atoms with Gasteiger partial charge in [0.1, 0.15) is 0 Å². The van der Waals surface area contributed by atoms with Crippen LogP contribution in [0.4, 0.5) is 11.4 Å². The van der Waals surface area contributed by atoms with Crippen LogP contribution in [0.2, 0.25) is 5.02 Å². The Morgan fingerprint density at radius 3 is 2.61 bits per heavy atom. The molecular weight excluding hydrogens is 248 g/mol. The molecule has 0 radical (unpaired) electrons. The van der Waals surface area contributed by atoms with Crippen LogP contribution in [-0.2, 0) is 4.79 Å². The molecule has 1 aromatic carbocycles. The lowest BCUT2D eigenvalue weighted by Crippen LogP contribution is -2.24. The van der Waals surface area contributed by atoms with Gasteiger partial charge in [0.05, 0.1) is 0 Å². The highest BCUT2D eigenvalue weighted by atomic mass is 35.5. The third kappa shape index (κ3) is 3.26. The number of nitrogen functional groups attached to an aromatic ring is 1. The number of benzene rings is 1. The Hall–Kier alpha value is -1.48. The minimum Gasteiger partial charge on any atom is -0.399 e. The van der Waals surface area contributed by atoms with Crippen LogP contribution in [0.25, 0.3) is 0 Å². The fourth-order valence-electron chi connectivity index (χ4n) is 2.30. The van der Waals surface area contributed by atoms with E-state index in [1.807, 2.05) is 0 Å². The molecule has 3 nitrogen and oxygen atoms in total. The summed E-state index contributed by atoms with van der Waals surface area (Å²) in [6, 6.07) is 5.29. The van der Waals surface area contributed by atoms with Gasteiger partial charge >= 0.3 is 0 Å². The third-order valence-electron chi connectivity index (χ3n) is 2.88. The number of hydrogen-bond acceptors (Lipinski definition) is 3. The molecule has 0 amide bonds. The van der Waals surface area contributed by atoms with Crippen molar-refractivity contribution in [2.45, 2.75) is 26.7 Å². The summed E-state index contributed by atoms with van der Waals surface area (Å²) in [5.74, 6) is 0.156. The van der Waals surface area contributed by atoms with Gasteiger partial charge in [-0.1, -0.05) is 25.4 Å². The number of rotatable bonds is 2. The van der Waals surface area contributed by atoms with E-state index >= 15 is 0 Å². The molecule has 0 heterocycles. The molecule has 1 aliphatic rings. The Morgan fingerprint density at radius 1 is 1.28 bits per heavy atom. The Morgan fingerprint density at radius 2 is 2.00 bits per heavy atom. The van der Waals surface area contributed by atoms with Crippen molar-refractivity contribution in [2.24, 2.45) is 5.41 Å². The maximum atomic E-state index is 11.6. The van der Waals surface area contributed by atoms with Crippen molar-refractivity contribution >= 4 is 28.8 Å². The molecule has 0 saturated heterocycles. The maximum absolute atomic E-state index is 11.6. The zero-order valence-corrected chi connectivity index (χ0v) is 11.3. The Kier molecular flexibility index (Phi) is 3.35. The predicted octanol–water partition coefficient (Wildman–Crippen LogP) is 3.61. The summed E-state index contributed by atoms with van der Waals surface area (Å²) in [5, 5.41) is 3.81. The van der Waals surface area contributed by atoms with E-state index in [2.05, 4.69) is 19.2 Å². The highest BCUT2D eigenvalue weighted by Crippen LogP contribution is 2.34. The normalized spacial score (nSPS) is 18.4. The lowest BCUT2D eigenvalue weighted by atomic mass is 9.79. The zero-order valence-electron chi connectivity index (χ0n) is 10.6. The summed E-state index contributed by atoms with van der Waals surface area (Å²) >= 11 is 5.95. The average Bonchev–Trinajstić information content (AvgIpc) is 2.10. The van der Waals surface area contributed by atoms with Gasteiger partial charge in [-0.05, 0) is 30.0 Å². The van der Waals surface area contributed by atoms with Gasteiger partial charge in [-0.25, -0.2) is 0 Å². The lowest BCUT2D eigenvalue weighted by Gasteiger charge is -2.29. The number of anilines is 2. The molecule has 18 heavy (non-hydrogen) atoms. The molecule has 0 spiro atoms. The quantitative estimate of drug-likeness (QED) is 0.803. The van der Waals surface area contributed by atoms with E-state index in [0.29, 0.717) is 17.1 Å². The second-order valence-electron chi connectivity index (χ2n) is 5.55. The van der Waals surface area contributed by atoms with Crippen LogP contribution in [0, 0.1) is 5.41 Å². The van der Waals surface area contributed by atoms with Crippen molar-refractivity contribution in [3.63, 3.8) is 0 Å². The number of carbonyl (C=O) groups is 1. The molecule has 0 atom stereocenters. The van der Waals surface area contributed by atoms with Crippen molar-refractivity contribution in [3.05, 3.63) is 35.0 Å². The van der Waals surface area contributed by atoms with Crippen LogP contribution in [0.15, 0.2) is 30.0 Å². The van der Waals surface area contributed by atoms with E-state index in [9.17, 15) is 4.79 Å². The van der Waals surface area contributed by atoms with E-state index < -0.39 is 0 Å². The summed E-state index contributed by atoms with van der Waals surface area (Å²) in [4.78, 5) is 11.6. The van der Waals surface area contributed by atoms with Crippen LogP contribution in [-0.4, -0.2) is 5.78 Å². The van der Waals surface area contributed by atoms with Gasteiger partial charge in [0.2, 0.25) is 0 Å². The van der Waals surface area contributed by atoms with Crippen molar-refractivity contribution in [3.8, 4) is 0 Å². The number of allylic oxidation sites excluding steroid dienone is 2. The lowest BCUT2D eigenvalue weighted by molar-refractivity contribution is -0.117. The Labute approximate surface area is 112 Å². The van der Waals surface area contributed by atoms with Gasteiger partial charge in [0.25, 0.3) is 0 Å². The number of nitrogens with two attached hydrogens (primary N) is 1. The van der Waals surface area contributed by atoms with Gasteiger partial charge in [-0.15, -0.1) is 0 Å². The molecule has 3 N–H and O–H groups in total. The number of ketones is 1. The molecule has 0 saturated carbocycles. The summed E-state index contributed by atoms with van der Waals surface area (Å²) in [6.07, 6.45) is 3.10. The summed E-state index contributed by atoms with van der Waals surface area (Å²) < 4.78 is 0. The second kappa shape index (κ2) is 4.65. The smallest absolute Gasteiger partial charge is 0.157 e. The molecule has 0 unspecified atom stereocenters. The SMILES string of the molecule is CC1(C)CC(=O)C=C(Nc2cc(N)cc(Cl)c2)C1. The standard InChI is InChI=1S/C14H17ClN2O/c1-14(2)7-12(6-13(18)8-14)17-11-4-9(15)3-10(16)5-11/h3-6,17H,7-8,16H2,1-2H3. The number of carbonyl (C=O) groups excluding carboxylic acids is 1. The average molecular weight is 265 g/mol. The Balaban J connectivity index is 2.21. The summed E-state index contributed by atoms with van der Waals surface area (Å²) in [5.41, 5.74) is 8.07. The number of hydrogen-bond donors (Lipinski definition) is 2. The monoisotopic (exact) mass is 264 g/mol. The van der Waals surface area contributed by atoms with E-state index in [0.717, 1.165) is 17.8 Å². The van der Waals surface area contributed by atoms with Crippen molar-refractivity contribution < 1.29 is 4.79 Å². The molecule has 1 aliphatic carbocycles. The first kappa shape index (κ1) is 13.0. The van der Waals surface area contributed by atoms with Crippen molar-refractivity contribution in [1.29, 1.82) is 0 Å². The summed E-state index contributed by atoms with van der Waals surface area (Å²) in [7, 11) is 0. The maximum Gasteiger partial charge on any atom is 0.157 e. The molecule has 0 bridgehead atoms. The van der Waals surface area contributed by atoms with Crippen LogP contribution in [0.5, 0.6) is 0 Å². The van der Waals surface area contributed by atoms with Gasteiger partial charge in [0.15, 0.2) is 5.78 Å². The largest absolute Gasteiger partial charge is 0.399 e. The molecule has 96 valence electrons. The first-order valence-electron chi connectivity index (χ1n) is 5.91. The molecule has 1 aromatic rings. The van der Waals surface area contributed by atoms with Gasteiger partial charge < -0.3 is 11.1 Å². The number of halogens is 1. The highest BCUT2D eigenvalue weighted by molar-refractivity contribution is 6.31. The molecule has 4 heteroatoms. The van der Waals surface area contributed by atoms with Gasteiger partial charge in [-0.2, -0.15) is 0 Å². The third-order valence-corrected chi connectivity index (χ3v) is 3.10. The fourth-order valence-corrected chi connectivity index (χ4v) is 2.54. The van der Waals surface area contributed by atoms with Crippen LogP contribution < -0.4 is 11.1 Å². The first-order chi connectivity index (χ1) is 8.34. The Bertz CT molecular complexity index is 500. The van der Waals surface area contributed by atoms with Crippen LogP contribution >= 0.6 is 11.6 Å². The molecule has 0 aliphatic heterocycles. The van der Waals surface area contributed by atoms with E-state index in [-0.39, 0.29) is 11.2 Å². The van der Waals surface area contributed by atoms with Crippen LogP contribution in [0.1, 0.15) is 26.7 Å². The molecule has 2 rings (SSSR count). The van der Waals surface area contributed by atoms with E-state index in [1.54, 1.807) is 24.3 Å². The van der Waals surface area contributed by atoms with Crippen LogP contribution in [0.3, 0.4) is 0 Å². The molecule has 0 fully saturated rings. The fraction of sp³-hybridized carbons (Fsp3) is 0.357. The highest BCUT2D eigenvalue weighted by Gasteiger charge is 2.27.